The first-order valence-corrected chi connectivity index (χ1v) is 3.59. The van der Waals surface area contributed by atoms with Crippen molar-refractivity contribution in [2.45, 2.75) is 33.8 Å². The zero-order valence-corrected chi connectivity index (χ0v) is 6.77. The second-order valence-electron chi connectivity index (χ2n) is 1.92. The first-order valence-electron chi connectivity index (χ1n) is 3.59. The average molecular weight is 128 g/mol. The second kappa shape index (κ2) is 4.57. The van der Waals surface area contributed by atoms with Crippen LogP contribution in [0.4, 0.5) is 0 Å². The molecule has 1 unspecified atom stereocenters. The molecule has 0 fully saturated rings. The molecule has 9 heavy (non-hydrogen) atoms. The topological polar surface area (TPSA) is 9.23 Å². The Hall–Kier alpha value is -0.300. The summed E-state index contributed by atoms with van der Waals surface area (Å²) in [5, 5.41) is 0. The minimum absolute atomic E-state index is 0.375. The Labute approximate surface area is 57.7 Å². The van der Waals surface area contributed by atoms with E-state index in [1.165, 1.54) is 5.57 Å². The van der Waals surface area contributed by atoms with Crippen LogP contribution in [0, 0.1) is 0 Å². The number of hydrogen-bond donors (Lipinski definition) is 0. The van der Waals surface area contributed by atoms with Crippen LogP contribution >= 0.6 is 0 Å². The molecule has 0 bridgehead atoms. The maximum Gasteiger partial charge on any atom is 0.0759 e. The Balaban J connectivity index is 0.000000291. The highest BCUT2D eigenvalue weighted by molar-refractivity contribution is 5.07. The van der Waals surface area contributed by atoms with Gasteiger partial charge in [0, 0.05) is 0 Å². The third-order valence-corrected chi connectivity index (χ3v) is 1.39. The van der Waals surface area contributed by atoms with E-state index in [9.17, 15) is 0 Å². The van der Waals surface area contributed by atoms with E-state index in [1.807, 2.05) is 13.8 Å². The van der Waals surface area contributed by atoms with Gasteiger partial charge in [0.25, 0.3) is 0 Å². The number of ether oxygens (including phenoxy) is 1. The molecule has 0 aromatic carbocycles. The summed E-state index contributed by atoms with van der Waals surface area (Å²) in [6.45, 7) is 8.98. The molecule has 1 heteroatoms. The van der Waals surface area contributed by atoms with Crippen LogP contribution in [0.2, 0.25) is 0 Å². The summed E-state index contributed by atoms with van der Waals surface area (Å²) in [6.07, 6.45) is 2.49. The molecule has 1 aliphatic rings. The maximum absolute atomic E-state index is 5.17. The summed E-state index contributed by atoms with van der Waals surface area (Å²) in [6, 6.07) is 0. The van der Waals surface area contributed by atoms with Crippen molar-refractivity contribution in [1.29, 1.82) is 0 Å². The van der Waals surface area contributed by atoms with Gasteiger partial charge >= 0.3 is 0 Å². The van der Waals surface area contributed by atoms with E-state index in [0.717, 1.165) is 6.61 Å². The fourth-order valence-corrected chi connectivity index (χ4v) is 0.621. The molecule has 1 aliphatic heterocycles. The largest absolute Gasteiger partial charge is 0.370 e. The van der Waals surface area contributed by atoms with Crippen LogP contribution in [0.15, 0.2) is 11.6 Å². The van der Waals surface area contributed by atoms with Gasteiger partial charge < -0.3 is 4.74 Å². The first kappa shape index (κ1) is 8.70. The summed E-state index contributed by atoms with van der Waals surface area (Å²) in [7, 11) is 0. The molecule has 0 amide bonds. The highest BCUT2D eigenvalue weighted by atomic mass is 16.5. The summed E-state index contributed by atoms with van der Waals surface area (Å²) in [5.41, 5.74) is 1.36. The van der Waals surface area contributed by atoms with Crippen molar-refractivity contribution in [2.24, 2.45) is 0 Å². The molecule has 1 atom stereocenters. The van der Waals surface area contributed by atoms with Gasteiger partial charge in [0.2, 0.25) is 0 Å². The van der Waals surface area contributed by atoms with E-state index >= 15 is 0 Å². The SMILES string of the molecule is CC.CC1=CCOC1C. The smallest absolute Gasteiger partial charge is 0.0759 e. The lowest BCUT2D eigenvalue weighted by Gasteiger charge is -2.00. The maximum atomic E-state index is 5.17. The minimum atomic E-state index is 0.375. The van der Waals surface area contributed by atoms with Gasteiger partial charge in [-0.15, -0.1) is 0 Å². The molecule has 0 saturated carbocycles. The Morgan fingerprint density at radius 3 is 2.22 bits per heavy atom. The van der Waals surface area contributed by atoms with Crippen LogP contribution in [0.1, 0.15) is 27.7 Å². The third-order valence-electron chi connectivity index (χ3n) is 1.39. The quantitative estimate of drug-likeness (QED) is 0.455. The molecule has 0 aliphatic carbocycles. The van der Waals surface area contributed by atoms with Crippen LogP contribution in [-0.2, 0) is 4.74 Å². The zero-order valence-electron chi connectivity index (χ0n) is 6.77. The Morgan fingerprint density at radius 2 is 2.11 bits per heavy atom. The lowest BCUT2D eigenvalue weighted by atomic mass is 10.2. The Bertz CT molecular complexity index is 94.7. The Kier molecular flexibility index (Phi) is 4.41. The van der Waals surface area contributed by atoms with Gasteiger partial charge in [0.05, 0.1) is 12.7 Å². The second-order valence-corrected chi connectivity index (χ2v) is 1.92. The van der Waals surface area contributed by atoms with E-state index in [4.69, 9.17) is 4.74 Å². The predicted molar refractivity (Wildman–Crippen MR) is 40.5 cm³/mol. The van der Waals surface area contributed by atoms with Gasteiger partial charge in [-0.05, 0) is 19.4 Å². The zero-order chi connectivity index (χ0) is 7.28. The van der Waals surface area contributed by atoms with Crippen molar-refractivity contribution in [2.75, 3.05) is 6.61 Å². The minimum Gasteiger partial charge on any atom is -0.370 e. The molecule has 0 aromatic heterocycles. The normalized spacial score (nSPS) is 24.4. The van der Waals surface area contributed by atoms with E-state index in [1.54, 1.807) is 0 Å². The molecule has 1 rings (SSSR count). The third kappa shape index (κ3) is 2.66. The lowest BCUT2D eigenvalue weighted by Crippen LogP contribution is -2.00. The summed E-state index contributed by atoms with van der Waals surface area (Å²) < 4.78 is 5.17. The van der Waals surface area contributed by atoms with Crippen molar-refractivity contribution in [1.82, 2.24) is 0 Å². The number of hydrogen-bond acceptors (Lipinski definition) is 1. The van der Waals surface area contributed by atoms with Crippen LogP contribution in [0.5, 0.6) is 0 Å². The van der Waals surface area contributed by atoms with Crippen LogP contribution in [0.25, 0.3) is 0 Å². The fraction of sp³-hybridized carbons (Fsp3) is 0.750. The number of rotatable bonds is 0. The van der Waals surface area contributed by atoms with Gasteiger partial charge in [-0.1, -0.05) is 19.9 Å². The van der Waals surface area contributed by atoms with Crippen molar-refractivity contribution < 1.29 is 4.74 Å². The molecule has 0 aromatic rings. The summed E-state index contributed by atoms with van der Waals surface area (Å²) in [4.78, 5) is 0. The van der Waals surface area contributed by atoms with Gasteiger partial charge in [-0.25, -0.2) is 0 Å². The molecular weight excluding hydrogens is 112 g/mol. The standard InChI is InChI=1S/C6H10O.C2H6/c1-5-3-4-7-6(5)2;1-2/h3,6H,4H2,1-2H3;1-2H3. The van der Waals surface area contributed by atoms with E-state index < -0.39 is 0 Å². The van der Waals surface area contributed by atoms with Crippen LogP contribution < -0.4 is 0 Å². The highest BCUT2D eigenvalue weighted by Gasteiger charge is 2.07. The molecule has 0 N–H and O–H groups in total. The highest BCUT2D eigenvalue weighted by Crippen LogP contribution is 2.10. The Morgan fingerprint density at radius 1 is 1.56 bits per heavy atom. The lowest BCUT2D eigenvalue weighted by molar-refractivity contribution is 0.136. The van der Waals surface area contributed by atoms with Gasteiger partial charge in [0.15, 0.2) is 0 Å². The molecule has 54 valence electrons. The van der Waals surface area contributed by atoms with E-state index in [2.05, 4.69) is 19.9 Å². The summed E-state index contributed by atoms with van der Waals surface area (Å²) >= 11 is 0. The predicted octanol–water partition coefficient (Wildman–Crippen LogP) is 2.38. The van der Waals surface area contributed by atoms with Crippen LogP contribution in [-0.4, -0.2) is 12.7 Å². The van der Waals surface area contributed by atoms with E-state index in [-0.39, 0.29) is 0 Å². The molecule has 1 nitrogen and oxygen atoms in total. The van der Waals surface area contributed by atoms with Gasteiger partial charge in [-0.3, -0.25) is 0 Å². The van der Waals surface area contributed by atoms with Crippen molar-refractivity contribution in [3.05, 3.63) is 11.6 Å². The van der Waals surface area contributed by atoms with Crippen molar-refractivity contribution >= 4 is 0 Å². The van der Waals surface area contributed by atoms with Crippen LogP contribution in [0.3, 0.4) is 0 Å². The van der Waals surface area contributed by atoms with E-state index in [0.29, 0.717) is 6.10 Å². The molecule has 0 saturated heterocycles. The molecule has 0 radical (unpaired) electrons. The fourth-order valence-electron chi connectivity index (χ4n) is 0.621. The molecule has 0 spiro atoms. The van der Waals surface area contributed by atoms with Crippen molar-refractivity contribution in [3.8, 4) is 0 Å². The monoisotopic (exact) mass is 128 g/mol. The molecule has 1 heterocycles. The first-order chi connectivity index (χ1) is 4.30. The van der Waals surface area contributed by atoms with Gasteiger partial charge in [0.1, 0.15) is 0 Å². The summed E-state index contributed by atoms with van der Waals surface area (Å²) in [5.74, 6) is 0. The van der Waals surface area contributed by atoms with Crippen molar-refractivity contribution in [3.63, 3.8) is 0 Å². The van der Waals surface area contributed by atoms with Gasteiger partial charge in [-0.2, -0.15) is 0 Å². The average Bonchev–Trinajstić information content (AvgIpc) is 2.23. The molecular formula is C8H16O.